The molecule has 0 aliphatic carbocycles. The summed E-state index contributed by atoms with van der Waals surface area (Å²) >= 11 is 0. The first-order valence-electron chi connectivity index (χ1n) is 13.1. The first kappa shape index (κ1) is 27.3. The van der Waals surface area contributed by atoms with Crippen LogP contribution in [-0.4, -0.2) is 69.3 Å². The molecule has 0 N–H and O–H groups in total. The zero-order chi connectivity index (χ0) is 27.1. The van der Waals surface area contributed by atoms with Gasteiger partial charge in [-0.3, -0.25) is 14.6 Å². The van der Waals surface area contributed by atoms with Crippen molar-refractivity contribution in [3.8, 4) is 0 Å². The highest BCUT2D eigenvalue weighted by Gasteiger charge is 2.26. The molecule has 8 nitrogen and oxygen atoms in total. The first-order chi connectivity index (χ1) is 18.3. The molecule has 0 unspecified atom stereocenters. The van der Waals surface area contributed by atoms with E-state index < -0.39 is 5.82 Å². The van der Waals surface area contributed by atoms with Gasteiger partial charge in [-0.2, -0.15) is 0 Å². The standard InChI is InChI=1S/C29H35FN6O2/c1-21(2)18-34-11-5-13-35(29(38)26-17-32-20-33-22(26)3)19-24-15-25(30)8-9-27(24)36(14-6-12-34)28(37)23-7-4-10-31-16-23/h4,7-10,15-17,20-21H,5-6,11-14,18-19H2,1-3H3. The number of pyridine rings is 1. The molecule has 1 aliphatic heterocycles. The fourth-order valence-electron chi connectivity index (χ4n) is 4.90. The smallest absolute Gasteiger partial charge is 0.259 e. The van der Waals surface area contributed by atoms with Crippen molar-refractivity contribution in [2.24, 2.45) is 5.92 Å². The number of carbonyl (C=O) groups excluding carboxylic acids is 2. The Morgan fingerprint density at radius 1 is 1.00 bits per heavy atom. The predicted octanol–water partition coefficient (Wildman–Crippen LogP) is 4.36. The van der Waals surface area contributed by atoms with Gasteiger partial charge in [0.2, 0.25) is 0 Å². The van der Waals surface area contributed by atoms with Gasteiger partial charge >= 0.3 is 0 Å². The van der Waals surface area contributed by atoms with E-state index in [2.05, 4.69) is 33.7 Å². The highest BCUT2D eigenvalue weighted by molar-refractivity contribution is 6.06. The van der Waals surface area contributed by atoms with Crippen LogP contribution >= 0.6 is 0 Å². The van der Waals surface area contributed by atoms with Gasteiger partial charge in [-0.05, 0) is 74.7 Å². The molecule has 1 aliphatic rings. The molecule has 0 atom stereocenters. The zero-order valence-electron chi connectivity index (χ0n) is 22.3. The van der Waals surface area contributed by atoms with Crippen LogP contribution in [-0.2, 0) is 6.54 Å². The summed E-state index contributed by atoms with van der Waals surface area (Å²) in [5.74, 6) is -0.347. The highest BCUT2D eigenvalue weighted by Crippen LogP contribution is 2.27. The Labute approximate surface area is 223 Å². The molecule has 2 aromatic heterocycles. The van der Waals surface area contributed by atoms with Crippen LogP contribution < -0.4 is 4.90 Å². The lowest BCUT2D eigenvalue weighted by atomic mass is 10.1. The number of halogens is 1. The van der Waals surface area contributed by atoms with Crippen LogP contribution in [0.1, 0.15) is 58.7 Å². The topological polar surface area (TPSA) is 82.5 Å². The third kappa shape index (κ3) is 6.77. The number of amides is 2. The minimum Gasteiger partial charge on any atom is -0.334 e. The number of fused-ring (bicyclic) bond motifs is 1. The lowest BCUT2D eigenvalue weighted by Gasteiger charge is -2.32. The van der Waals surface area contributed by atoms with Gasteiger partial charge in [0, 0.05) is 50.5 Å². The minimum absolute atomic E-state index is 0.154. The normalized spacial score (nSPS) is 15.5. The van der Waals surface area contributed by atoms with Gasteiger partial charge in [-0.1, -0.05) is 13.8 Å². The molecule has 1 aromatic carbocycles. The Kier molecular flexibility index (Phi) is 9.12. The van der Waals surface area contributed by atoms with Crippen molar-refractivity contribution in [3.63, 3.8) is 0 Å². The molecule has 38 heavy (non-hydrogen) atoms. The number of rotatable bonds is 4. The number of nitrogens with zero attached hydrogens (tertiary/aromatic N) is 6. The lowest BCUT2D eigenvalue weighted by Crippen LogP contribution is -2.40. The minimum atomic E-state index is -0.417. The third-order valence-electron chi connectivity index (χ3n) is 6.66. The van der Waals surface area contributed by atoms with Crippen LogP contribution in [0.25, 0.3) is 0 Å². The largest absolute Gasteiger partial charge is 0.334 e. The third-order valence-corrected chi connectivity index (χ3v) is 6.66. The fraction of sp³-hybridized carbons (Fsp3) is 0.414. The van der Waals surface area contributed by atoms with Gasteiger partial charge < -0.3 is 14.7 Å². The molecule has 3 aromatic rings. The van der Waals surface area contributed by atoms with Crippen molar-refractivity contribution in [2.75, 3.05) is 37.6 Å². The average Bonchev–Trinajstić information content (AvgIpc) is 2.90. The van der Waals surface area contributed by atoms with Crippen molar-refractivity contribution in [3.05, 3.63) is 83.5 Å². The van der Waals surface area contributed by atoms with E-state index in [4.69, 9.17) is 0 Å². The Morgan fingerprint density at radius 3 is 2.50 bits per heavy atom. The van der Waals surface area contributed by atoms with Crippen molar-refractivity contribution >= 4 is 17.5 Å². The van der Waals surface area contributed by atoms with Gasteiger partial charge in [-0.25, -0.2) is 14.4 Å². The van der Waals surface area contributed by atoms with Gasteiger partial charge in [-0.15, -0.1) is 0 Å². The highest BCUT2D eigenvalue weighted by atomic mass is 19.1. The number of carbonyl (C=O) groups is 2. The molecule has 0 fully saturated rings. The molecule has 2 amide bonds. The number of hydrogen-bond donors (Lipinski definition) is 0. The zero-order valence-corrected chi connectivity index (χ0v) is 22.3. The Morgan fingerprint density at radius 2 is 1.79 bits per heavy atom. The number of benzene rings is 1. The monoisotopic (exact) mass is 518 g/mol. The Balaban J connectivity index is 1.75. The van der Waals surface area contributed by atoms with E-state index in [-0.39, 0.29) is 18.4 Å². The summed E-state index contributed by atoms with van der Waals surface area (Å²) in [6, 6.07) is 7.87. The first-order valence-corrected chi connectivity index (χ1v) is 13.1. The van der Waals surface area contributed by atoms with E-state index in [1.807, 2.05) is 0 Å². The maximum absolute atomic E-state index is 14.6. The predicted molar refractivity (Wildman–Crippen MR) is 144 cm³/mol. The van der Waals surface area contributed by atoms with Crippen LogP contribution in [0.5, 0.6) is 0 Å². The van der Waals surface area contributed by atoms with E-state index >= 15 is 0 Å². The quantitative estimate of drug-likeness (QED) is 0.511. The van der Waals surface area contributed by atoms with Gasteiger partial charge in [0.05, 0.1) is 16.8 Å². The molecule has 4 rings (SSSR count). The summed E-state index contributed by atoms with van der Waals surface area (Å²) in [5, 5.41) is 0. The van der Waals surface area contributed by atoms with Gasteiger partial charge in [0.25, 0.3) is 11.8 Å². The molecule has 0 bridgehead atoms. The molecule has 3 heterocycles. The van der Waals surface area contributed by atoms with E-state index in [9.17, 15) is 14.0 Å². The van der Waals surface area contributed by atoms with E-state index in [0.717, 1.165) is 32.5 Å². The second-order valence-corrected chi connectivity index (χ2v) is 10.1. The molecular weight excluding hydrogens is 483 g/mol. The maximum atomic E-state index is 14.6. The molecule has 0 saturated heterocycles. The van der Waals surface area contributed by atoms with Crippen molar-refractivity contribution in [2.45, 2.75) is 40.2 Å². The van der Waals surface area contributed by atoms with Gasteiger partial charge in [0.1, 0.15) is 12.1 Å². The van der Waals surface area contributed by atoms with Crippen LogP contribution in [0.2, 0.25) is 0 Å². The van der Waals surface area contributed by atoms with Crippen molar-refractivity contribution in [1.82, 2.24) is 24.8 Å². The van der Waals surface area contributed by atoms with E-state index in [1.54, 1.807) is 47.3 Å². The summed E-state index contributed by atoms with van der Waals surface area (Å²) in [5.41, 5.74) is 2.63. The molecule has 0 spiro atoms. The summed E-state index contributed by atoms with van der Waals surface area (Å²) in [6.07, 6.45) is 7.64. The summed E-state index contributed by atoms with van der Waals surface area (Å²) in [6.45, 7) is 9.80. The Hall–Kier alpha value is -3.72. The number of aromatic nitrogens is 3. The maximum Gasteiger partial charge on any atom is 0.259 e. The Bertz CT molecular complexity index is 1250. The number of anilines is 1. The van der Waals surface area contributed by atoms with Crippen LogP contribution in [0.15, 0.2) is 55.2 Å². The lowest BCUT2D eigenvalue weighted by molar-refractivity contribution is 0.0731. The number of hydrogen-bond acceptors (Lipinski definition) is 6. The van der Waals surface area contributed by atoms with Crippen molar-refractivity contribution < 1.29 is 14.0 Å². The summed E-state index contributed by atoms with van der Waals surface area (Å²) in [7, 11) is 0. The molecule has 200 valence electrons. The molecule has 0 saturated carbocycles. The second kappa shape index (κ2) is 12.7. The number of aryl methyl sites for hydroxylation is 1. The van der Waals surface area contributed by atoms with Crippen LogP contribution in [0, 0.1) is 18.7 Å². The van der Waals surface area contributed by atoms with E-state index in [0.29, 0.717) is 47.1 Å². The molecule has 9 heteroatoms. The SMILES string of the molecule is Cc1ncncc1C(=O)N1CCCN(CC(C)C)CCCN(C(=O)c2cccnc2)c2ccc(F)cc2C1. The summed E-state index contributed by atoms with van der Waals surface area (Å²) < 4.78 is 14.6. The fourth-order valence-corrected chi connectivity index (χ4v) is 4.90. The van der Waals surface area contributed by atoms with E-state index in [1.165, 1.54) is 24.7 Å². The average molecular weight is 519 g/mol. The van der Waals surface area contributed by atoms with Crippen molar-refractivity contribution in [1.29, 1.82) is 0 Å². The molecule has 0 radical (unpaired) electrons. The molecular formula is C29H35FN6O2. The van der Waals surface area contributed by atoms with Crippen LogP contribution in [0.4, 0.5) is 10.1 Å². The van der Waals surface area contributed by atoms with Crippen LogP contribution in [0.3, 0.4) is 0 Å². The van der Waals surface area contributed by atoms with Gasteiger partial charge in [0.15, 0.2) is 0 Å². The summed E-state index contributed by atoms with van der Waals surface area (Å²) in [4.78, 5) is 45.5. The second-order valence-electron chi connectivity index (χ2n) is 10.1.